The first kappa shape index (κ1) is 16.6. The number of amides is 1. The number of primary amides is 1. The van der Waals surface area contributed by atoms with Gasteiger partial charge in [0.25, 0.3) is 0 Å². The molecule has 2 aromatic rings. The normalized spacial score (nSPS) is 18.0. The highest BCUT2D eigenvalue weighted by atomic mass is 19.1. The largest absolute Gasteiger partial charge is 0.370 e. The molecular weight excluding hydrogens is 305 g/mol. The van der Waals surface area contributed by atoms with E-state index in [1.807, 2.05) is 24.3 Å². The third-order valence-corrected chi connectivity index (χ3v) is 4.44. The standard InChI is InChI=1S/C19H22FN3O/c20-15-5-1-4-14(12-15)13-23-11-3-8-18(23)17-7-2-6-16(22-17)9-10-19(21)24/h1-2,4-7,12,18H,3,8-11,13H2,(H2,21,24)/t18-/m0/s1. The first-order valence-corrected chi connectivity index (χ1v) is 8.34. The van der Waals surface area contributed by atoms with Crippen molar-refractivity contribution in [1.29, 1.82) is 0 Å². The van der Waals surface area contributed by atoms with E-state index < -0.39 is 0 Å². The van der Waals surface area contributed by atoms with Crippen LogP contribution in [0.25, 0.3) is 0 Å². The molecule has 24 heavy (non-hydrogen) atoms. The molecule has 1 atom stereocenters. The van der Waals surface area contributed by atoms with Gasteiger partial charge in [-0.3, -0.25) is 14.7 Å². The molecule has 0 spiro atoms. The Morgan fingerprint density at radius 2 is 2.12 bits per heavy atom. The van der Waals surface area contributed by atoms with Gasteiger partial charge >= 0.3 is 0 Å². The second kappa shape index (κ2) is 7.53. The monoisotopic (exact) mass is 327 g/mol. The van der Waals surface area contributed by atoms with Crippen LogP contribution < -0.4 is 5.73 Å². The number of nitrogens with zero attached hydrogens (tertiary/aromatic N) is 2. The van der Waals surface area contributed by atoms with Crippen molar-refractivity contribution in [2.24, 2.45) is 5.73 Å². The van der Waals surface area contributed by atoms with E-state index in [4.69, 9.17) is 10.7 Å². The van der Waals surface area contributed by atoms with Gasteiger partial charge in [0.2, 0.25) is 5.91 Å². The van der Waals surface area contributed by atoms with Crippen LogP contribution in [0.1, 0.15) is 42.3 Å². The topological polar surface area (TPSA) is 59.2 Å². The van der Waals surface area contributed by atoms with Crippen LogP contribution >= 0.6 is 0 Å². The summed E-state index contributed by atoms with van der Waals surface area (Å²) < 4.78 is 13.4. The highest BCUT2D eigenvalue weighted by Crippen LogP contribution is 2.32. The molecule has 126 valence electrons. The number of rotatable bonds is 6. The van der Waals surface area contributed by atoms with Crippen molar-refractivity contribution >= 4 is 5.91 Å². The molecule has 1 aliphatic heterocycles. The Labute approximate surface area is 141 Å². The Kier molecular flexibility index (Phi) is 5.20. The quantitative estimate of drug-likeness (QED) is 0.887. The Morgan fingerprint density at radius 3 is 2.92 bits per heavy atom. The number of aryl methyl sites for hydroxylation is 1. The van der Waals surface area contributed by atoms with E-state index in [-0.39, 0.29) is 17.8 Å². The maximum atomic E-state index is 13.4. The molecule has 5 heteroatoms. The molecular formula is C19H22FN3O. The summed E-state index contributed by atoms with van der Waals surface area (Å²) >= 11 is 0. The molecule has 0 unspecified atom stereocenters. The van der Waals surface area contributed by atoms with E-state index in [0.717, 1.165) is 42.9 Å². The number of carbonyl (C=O) groups excluding carboxylic acids is 1. The van der Waals surface area contributed by atoms with Gasteiger partial charge in [0.15, 0.2) is 0 Å². The van der Waals surface area contributed by atoms with E-state index in [9.17, 15) is 9.18 Å². The molecule has 1 amide bonds. The summed E-state index contributed by atoms with van der Waals surface area (Å²) in [7, 11) is 0. The zero-order valence-electron chi connectivity index (χ0n) is 13.6. The summed E-state index contributed by atoms with van der Waals surface area (Å²) in [5.41, 5.74) is 8.11. The van der Waals surface area contributed by atoms with E-state index >= 15 is 0 Å². The Hall–Kier alpha value is -2.27. The zero-order chi connectivity index (χ0) is 16.9. The van der Waals surface area contributed by atoms with Crippen LogP contribution in [-0.2, 0) is 17.8 Å². The molecule has 1 fully saturated rings. The third kappa shape index (κ3) is 4.17. The van der Waals surface area contributed by atoms with Crippen molar-refractivity contribution in [3.63, 3.8) is 0 Å². The lowest BCUT2D eigenvalue weighted by Crippen LogP contribution is -2.23. The second-order valence-corrected chi connectivity index (χ2v) is 6.28. The van der Waals surface area contributed by atoms with Crippen LogP contribution in [0.3, 0.4) is 0 Å². The smallest absolute Gasteiger partial charge is 0.217 e. The molecule has 0 aliphatic carbocycles. The van der Waals surface area contributed by atoms with E-state index in [2.05, 4.69) is 4.90 Å². The first-order chi connectivity index (χ1) is 11.6. The van der Waals surface area contributed by atoms with Gasteiger partial charge in [-0.2, -0.15) is 0 Å². The number of hydrogen-bond acceptors (Lipinski definition) is 3. The van der Waals surface area contributed by atoms with Crippen LogP contribution in [0, 0.1) is 5.82 Å². The van der Waals surface area contributed by atoms with Crippen molar-refractivity contribution in [3.05, 3.63) is 65.2 Å². The van der Waals surface area contributed by atoms with Gasteiger partial charge in [-0.05, 0) is 55.6 Å². The minimum Gasteiger partial charge on any atom is -0.370 e. The Morgan fingerprint density at radius 1 is 1.29 bits per heavy atom. The van der Waals surface area contributed by atoms with E-state index in [0.29, 0.717) is 12.8 Å². The molecule has 4 nitrogen and oxygen atoms in total. The number of likely N-dealkylation sites (tertiary alicyclic amines) is 1. The molecule has 0 bridgehead atoms. The second-order valence-electron chi connectivity index (χ2n) is 6.28. The SMILES string of the molecule is NC(=O)CCc1cccc([C@@H]2CCCN2Cc2cccc(F)c2)n1. The van der Waals surface area contributed by atoms with Crippen LogP contribution in [0.4, 0.5) is 4.39 Å². The maximum Gasteiger partial charge on any atom is 0.217 e. The fourth-order valence-electron chi connectivity index (χ4n) is 3.29. The third-order valence-electron chi connectivity index (χ3n) is 4.44. The van der Waals surface area contributed by atoms with Gasteiger partial charge in [0.1, 0.15) is 5.82 Å². The summed E-state index contributed by atoms with van der Waals surface area (Å²) in [5, 5.41) is 0. The minimum absolute atomic E-state index is 0.199. The maximum absolute atomic E-state index is 13.4. The molecule has 2 N–H and O–H groups in total. The van der Waals surface area contributed by atoms with Crippen molar-refractivity contribution in [3.8, 4) is 0 Å². The summed E-state index contributed by atoms with van der Waals surface area (Å²) in [4.78, 5) is 18.0. The molecule has 1 aliphatic rings. The molecule has 2 heterocycles. The summed E-state index contributed by atoms with van der Waals surface area (Å²) in [6.07, 6.45) is 3.03. The Balaban J connectivity index is 1.73. The average Bonchev–Trinajstić information content (AvgIpc) is 3.01. The predicted molar refractivity (Wildman–Crippen MR) is 90.5 cm³/mol. The lowest BCUT2D eigenvalue weighted by Gasteiger charge is -2.24. The first-order valence-electron chi connectivity index (χ1n) is 8.34. The fourth-order valence-corrected chi connectivity index (χ4v) is 3.29. The lowest BCUT2D eigenvalue weighted by atomic mass is 10.1. The number of nitrogens with two attached hydrogens (primary N) is 1. The average molecular weight is 327 g/mol. The van der Waals surface area contributed by atoms with Gasteiger partial charge in [0.05, 0.1) is 11.7 Å². The molecule has 1 aromatic heterocycles. The van der Waals surface area contributed by atoms with Gasteiger partial charge in [-0.1, -0.05) is 18.2 Å². The van der Waals surface area contributed by atoms with Crippen LogP contribution in [0.5, 0.6) is 0 Å². The summed E-state index contributed by atoms with van der Waals surface area (Å²) in [6.45, 7) is 1.70. The zero-order valence-corrected chi connectivity index (χ0v) is 13.6. The van der Waals surface area contributed by atoms with Crippen molar-refractivity contribution < 1.29 is 9.18 Å². The van der Waals surface area contributed by atoms with Crippen molar-refractivity contribution in [2.75, 3.05) is 6.54 Å². The van der Waals surface area contributed by atoms with Crippen LogP contribution in [-0.4, -0.2) is 22.3 Å². The van der Waals surface area contributed by atoms with Gasteiger partial charge in [-0.15, -0.1) is 0 Å². The number of pyridine rings is 1. The van der Waals surface area contributed by atoms with Crippen LogP contribution in [0.2, 0.25) is 0 Å². The highest BCUT2D eigenvalue weighted by Gasteiger charge is 2.27. The number of carbonyl (C=O) groups is 1. The van der Waals surface area contributed by atoms with Crippen molar-refractivity contribution in [2.45, 2.75) is 38.3 Å². The van der Waals surface area contributed by atoms with Gasteiger partial charge in [0, 0.05) is 18.7 Å². The predicted octanol–water partition coefficient (Wildman–Crippen LogP) is 2.98. The molecule has 0 radical (unpaired) electrons. The Bertz CT molecular complexity index is 719. The lowest BCUT2D eigenvalue weighted by molar-refractivity contribution is -0.118. The number of aromatic nitrogens is 1. The van der Waals surface area contributed by atoms with E-state index in [1.54, 1.807) is 12.1 Å². The number of hydrogen-bond donors (Lipinski definition) is 1. The number of halogens is 1. The molecule has 0 saturated carbocycles. The van der Waals surface area contributed by atoms with Crippen molar-refractivity contribution in [1.82, 2.24) is 9.88 Å². The van der Waals surface area contributed by atoms with Gasteiger partial charge in [-0.25, -0.2) is 4.39 Å². The van der Waals surface area contributed by atoms with Gasteiger partial charge < -0.3 is 5.73 Å². The van der Waals surface area contributed by atoms with Crippen LogP contribution in [0.15, 0.2) is 42.5 Å². The molecule has 3 rings (SSSR count). The molecule has 1 aromatic carbocycles. The molecule has 1 saturated heterocycles. The highest BCUT2D eigenvalue weighted by molar-refractivity contribution is 5.73. The van der Waals surface area contributed by atoms with E-state index in [1.165, 1.54) is 6.07 Å². The fraction of sp³-hybridized carbons (Fsp3) is 0.368. The summed E-state index contributed by atoms with van der Waals surface area (Å²) in [6, 6.07) is 12.9. The minimum atomic E-state index is -0.309. The summed E-state index contributed by atoms with van der Waals surface area (Å²) in [5.74, 6) is -0.509. The number of benzene rings is 1.